The molecule has 2 rings (SSSR count). The summed E-state index contributed by atoms with van der Waals surface area (Å²) in [5.41, 5.74) is 1.05. The molecule has 0 radical (unpaired) electrons. The van der Waals surface area contributed by atoms with Gasteiger partial charge < -0.3 is 14.7 Å². The average molecular weight is 291 g/mol. The summed E-state index contributed by atoms with van der Waals surface area (Å²) in [5.74, 6) is -0.159. The first kappa shape index (κ1) is 15.4. The van der Waals surface area contributed by atoms with E-state index in [-0.39, 0.29) is 5.91 Å². The van der Waals surface area contributed by atoms with Crippen LogP contribution in [0.1, 0.15) is 31.7 Å². The Bertz CT molecular complexity index is 498. The van der Waals surface area contributed by atoms with Crippen molar-refractivity contribution in [1.82, 2.24) is 4.90 Å². The lowest BCUT2D eigenvalue weighted by Crippen LogP contribution is -2.40. The maximum atomic E-state index is 12.1. The Balaban J connectivity index is 1.87. The van der Waals surface area contributed by atoms with Crippen LogP contribution in [0, 0.1) is 0 Å². The van der Waals surface area contributed by atoms with Crippen LogP contribution in [-0.2, 0) is 16.0 Å². The van der Waals surface area contributed by atoms with Crippen LogP contribution in [0.2, 0.25) is 0 Å². The molecule has 0 aromatic heterocycles. The summed E-state index contributed by atoms with van der Waals surface area (Å²) in [7, 11) is 0. The zero-order chi connectivity index (χ0) is 15.2. The van der Waals surface area contributed by atoms with E-state index in [1.807, 2.05) is 31.2 Å². The van der Waals surface area contributed by atoms with Crippen molar-refractivity contribution in [2.24, 2.45) is 0 Å². The maximum Gasteiger partial charge on any atom is 0.326 e. The fourth-order valence-corrected chi connectivity index (χ4v) is 2.64. The van der Waals surface area contributed by atoms with Crippen molar-refractivity contribution in [2.75, 3.05) is 13.2 Å². The fraction of sp³-hybridized carbons (Fsp3) is 0.500. The topological polar surface area (TPSA) is 66.8 Å². The Kier molecular flexibility index (Phi) is 5.20. The second kappa shape index (κ2) is 7.11. The molecule has 1 aliphatic heterocycles. The Labute approximate surface area is 124 Å². The number of amides is 1. The van der Waals surface area contributed by atoms with Crippen LogP contribution in [0.3, 0.4) is 0 Å². The number of carbonyl (C=O) groups is 2. The normalized spacial score (nSPS) is 17.8. The number of aryl methyl sites for hydroxylation is 1. The van der Waals surface area contributed by atoms with Gasteiger partial charge in [0.2, 0.25) is 5.91 Å². The van der Waals surface area contributed by atoms with Gasteiger partial charge in [-0.05, 0) is 43.9 Å². The van der Waals surface area contributed by atoms with Crippen LogP contribution < -0.4 is 4.74 Å². The minimum Gasteiger partial charge on any atom is -0.494 e. The van der Waals surface area contributed by atoms with Crippen LogP contribution in [-0.4, -0.2) is 41.1 Å². The standard InChI is InChI=1S/C16H21NO4/c1-2-21-13-8-5-12(6-9-13)7-10-15(18)17-11-3-4-14(17)16(19)20/h5-6,8-9,14H,2-4,7,10-11H2,1H3,(H,19,20)/t14-/m0/s1. The van der Waals surface area contributed by atoms with Crippen LogP contribution in [0.15, 0.2) is 24.3 Å². The van der Waals surface area contributed by atoms with Crippen LogP contribution in [0.4, 0.5) is 0 Å². The van der Waals surface area contributed by atoms with Crippen molar-refractivity contribution < 1.29 is 19.4 Å². The van der Waals surface area contributed by atoms with E-state index in [0.29, 0.717) is 32.4 Å². The van der Waals surface area contributed by atoms with E-state index in [1.165, 1.54) is 4.90 Å². The summed E-state index contributed by atoms with van der Waals surface area (Å²) >= 11 is 0. The third-order valence-corrected chi connectivity index (χ3v) is 3.72. The molecule has 0 spiro atoms. The van der Waals surface area contributed by atoms with Gasteiger partial charge in [-0.3, -0.25) is 4.79 Å². The van der Waals surface area contributed by atoms with Crippen LogP contribution in [0.5, 0.6) is 5.75 Å². The van der Waals surface area contributed by atoms with Gasteiger partial charge in [-0.15, -0.1) is 0 Å². The predicted molar refractivity (Wildman–Crippen MR) is 78.3 cm³/mol. The van der Waals surface area contributed by atoms with Gasteiger partial charge in [-0.25, -0.2) is 4.79 Å². The Morgan fingerprint density at radius 1 is 1.33 bits per heavy atom. The van der Waals surface area contributed by atoms with E-state index < -0.39 is 12.0 Å². The number of ether oxygens (including phenoxy) is 1. The third-order valence-electron chi connectivity index (χ3n) is 3.72. The van der Waals surface area contributed by atoms with E-state index in [0.717, 1.165) is 17.7 Å². The number of likely N-dealkylation sites (tertiary alicyclic amines) is 1. The van der Waals surface area contributed by atoms with Gasteiger partial charge in [-0.2, -0.15) is 0 Å². The number of carboxylic acids is 1. The number of aliphatic carboxylic acids is 1. The number of rotatable bonds is 6. The molecular formula is C16H21NO4. The van der Waals surface area contributed by atoms with Crippen molar-refractivity contribution in [2.45, 2.75) is 38.6 Å². The van der Waals surface area contributed by atoms with Gasteiger partial charge in [0.25, 0.3) is 0 Å². The second-order valence-corrected chi connectivity index (χ2v) is 5.16. The molecule has 5 nitrogen and oxygen atoms in total. The van der Waals surface area contributed by atoms with Crippen molar-refractivity contribution in [1.29, 1.82) is 0 Å². The number of benzene rings is 1. The van der Waals surface area contributed by atoms with Crippen molar-refractivity contribution >= 4 is 11.9 Å². The molecule has 1 aromatic rings. The lowest BCUT2D eigenvalue weighted by atomic mass is 10.1. The molecule has 1 amide bonds. The highest BCUT2D eigenvalue weighted by Crippen LogP contribution is 2.19. The first-order valence-corrected chi connectivity index (χ1v) is 7.36. The molecule has 5 heteroatoms. The van der Waals surface area contributed by atoms with Crippen LogP contribution >= 0.6 is 0 Å². The summed E-state index contributed by atoms with van der Waals surface area (Å²) < 4.78 is 5.37. The molecule has 1 atom stereocenters. The Morgan fingerprint density at radius 2 is 2.05 bits per heavy atom. The number of carboxylic acid groups (broad SMARTS) is 1. The van der Waals surface area contributed by atoms with Gasteiger partial charge >= 0.3 is 5.97 Å². The largest absolute Gasteiger partial charge is 0.494 e. The quantitative estimate of drug-likeness (QED) is 0.871. The lowest BCUT2D eigenvalue weighted by Gasteiger charge is -2.21. The molecular weight excluding hydrogens is 270 g/mol. The van der Waals surface area contributed by atoms with Gasteiger partial charge in [0, 0.05) is 13.0 Å². The van der Waals surface area contributed by atoms with Gasteiger partial charge in [0.1, 0.15) is 11.8 Å². The highest BCUT2D eigenvalue weighted by atomic mass is 16.5. The zero-order valence-electron chi connectivity index (χ0n) is 12.2. The van der Waals surface area contributed by atoms with Gasteiger partial charge in [0.15, 0.2) is 0 Å². The van der Waals surface area contributed by atoms with E-state index >= 15 is 0 Å². The Morgan fingerprint density at radius 3 is 2.67 bits per heavy atom. The molecule has 114 valence electrons. The smallest absolute Gasteiger partial charge is 0.326 e. The van der Waals surface area contributed by atoms with Crippen molar-refractivity contribution in [3.05, 3.63) is 29.8 Å². The molecule has 0 unspecified atom stereocenters. The molecule has 21 heavy (non-hydrogen) atoms. The first-order chi connectivity index (χ1) is 10.1. The minimum atomic E-state index is -0.901. The van der Waals surface area contributed by atoms with Gasteiger partial charge in [0.05, 0.1) is 6.61 Å². The summed E-state index contributed by atoms with van der Waals surface area (Å²) in [4.78, 5) is 24.7. The Hall–Kier alpha value is -2.04. The minimum absolute atomic E-state index is 0.0752. The average Bonchev–Trinajstić information content (AvgIpc) is 2.96. The third kappa shape index (κ3) is 3.97. The van der Waals surface area contributed by atoms with Crippen molar-refractivity contribution in [3.8, 4) is 5.75 Å². The van der Waals surface area contributed by atoms with Gasteiger partial charge in [-0.1, -0.05) is 12.1 Å². The zero-order valence-corrected chi connectivity index (χ0v) is 12.2. The molecule has 0 aliphatic carbocycles. The highest BCUT2D eigenvalue weighted by molar-refractivity contribution is 5.84. The van der Waals surface area contributed by atoms with E-state index in [4.69, 9.17) is 9.84 Å². The van der Waals surface area contributed by atoms with E-state index in [9.17, 15) is 9.59 Å². The van der Waals surface area contributed by atoms with Crippen molar-refractivity contribution in [3.63, 3.8) is 0 Å². The fourth-order valence-electron chi connectivity index (χ4n) is 2.64. The number of hydrogen-bond donors (Lipinski definition) is 1. The van der Waals surface area contributed by atoms with Crippen LogP contribution in [0.25, 0.3) is 0 Å². The number of hydrogen-bond acceptors (Lipinski definition) is 3. The molecule has 1 aromatic carbocycles. The molecule has 1 saturated heterocycles. The molecule has 1 N–H and O–H groups in total. The molecule has 0 bridgehead atoms. The molecule has 1 heterocycles. The molecule has 0 saturated carbocycles. The summed E-state index contributed by atoms with van der Waals surface area (Å²) in [6.45, 7) is 3.12. The second-order valence-electron chi connectivity index (χ2n) is 5.16. The summed E-state index contributed by atoms with van der Waals surface area (Å²) in [6.07, 6.45) is 2.29. The SMILES string of the molecule is CCOc1ccc(CCC(=O)N2CCC[C@H]2C(=O)O)cc1. The molecule has 1 fully saturated rings. The first-order valence-electron chi connectivity index (χ1n) is 7.36. The summed E-state index contributed by atoms with van der Waals surface area (Å²) in [6, 6.07) is 7.02. The monoisotopic (exact) mass is 291 g/mol. The number of nitrogens with zero attached hydrogens (tertiary/aromatic N) is 1. The number of carbonyl (C=O) groups excluding carboxylic acids is 1. The summed E-state index contributed by atoms with van der Waals surface area (Å²) in [5, 5.41) is 9.09. The lowest BCUT2D eigenvalue weighted by molar-refractivity contribution is -0.148. The van der Waals surface area contributed by atoms with E-state index in [2.05, 4.69) is 0 Å². The van der Waals surface area contributed by atoms with E-state index in [1.54, 1.807) is 0 Å². The predicted octanol–water partition coefficient (Wildman–Crippen LogP) is 2.09. The molecule has 1 aliphatic rings. The highest BCUT2D eigenvalue weighted by Gasteiger charge is 2.33. The maximum absolute atomic E-state index is 12.1.